The quantitative estimate of drug-likeness (QED) is 0.778. The van der Waals surface area contributed by atoms with Gasteiger partial charge in [-0.3, -0.25) is 0 Å². The molecule has 0 radical (unpaired) electrons. The van der Waals surface area contributed by atoms with Crippen molar-refractivity contribution >= 4 is 11.9 Å². The fourth-order valence-electron chi connectivity index (χ4n) is 2.21. The minimum Gasteiger partial charge on any atom is -0.501 e. The first-order valence-electron chi connectivity index (χ1n) is 6.75. The lowest BCUT2D eigenvalue weighted by atomic mass is 10.0. The predicted molar refractivity (Wildman–Crippen MR) is 75.7 cm³/mol. The molecular formula is C16H18O5. The van der Waals surface area contributed by atoms with E-state index >= 15 is 0 Å². The zero-order valence-electron chi connectivity index (χ0n) is 12.1. The van der Waals surface area contributed by atoms with Crippen molar-refractivity contribution in [3.63, 3.8) is 0 Å². The van der Waals surface area contributed by atoms with Gasteiger partial charge in [-0.05, 0) is 30.5 Å². The van der Waals surface area contributed by atoms with Crippen LogP contribution in [0.3, 0.4) is 0 Å². The van der Waals surface area contributed by atoms with Crippen molar-refractivity contribution in [2.75, 3.05) is 14.2 Å². The van der Waals surface area contributed by atoms with E-state index in [0.717, 1.165) is 12.0 Å². The van der Waals surface area contributed by atoms with E-state index in [0.29, 0.717) is 24.2 Å². The SMILES string of the molecule is COC(=O)c1ccc(CCC2CC(OC)=CC(=O)O2)cc1. The van der Waals surface area contributed by atoms with Gasteiger partial charge in [0.25, 0.3) is 0 Å². The zero-order chi connectivity index (χ0) is 15.2. The van der Waals surface area contributed by atoms with E-state index in [4.69, 9.17) is 9.47 Å². The first-order chi connectivity index (χ1) is 10.1. The Labute approximate surface area is 123 Å². The third-order valence-corrected chi connectivity index (χ3v) is 3.38. The van der Waals surface area contributed by atoms with Crippen LogP contribution in [0.1, 0.15) is 28.8 Å². The highest BCUT2D eigenvalue weighted by molar-refractivity contribution is 5.89. The number of carbonyl (C=O) groups is 2. The smallest absolute Gasteiger partial charge is 0.337 e. The number of esters is 2. The van der Waals surface area contributed by atoms with Gasteiger partial charge in [-0.25, -0.2) is 9.59 Å². The van der Waals surface area contributed by atoms with Gasteiger partial charge >= 0.3 is 11.9 Å². The molecule has 5 nitrogen and oxygen atoms in total. The molecule has 1 aliphatic rings. The molecule has 1 atom stereocenters. The van der Waals surface area contributed by atoms with Gasteiger partial charge in [0.1, 0.15) is 11.9 Å². The molecule has 0 saturated carbocycles. The topological polar surface area (TPSA) is 61.8 Å². The number of ether oxygens (including phenoxy) is 3. The molecule has 1 aromatic rings. The normalized spacial score (nSPS) is 17.7. The van der Waals surface area contributed by atoms with Crippen LogP contribution in [0.15, 0.2) is 36.1 Å². The van der Waals surface area contributed by atoms with Gasteiger partial charge in [-0.15, -0.1) is 0 Å². The summed E-state index contributed by atoms with van der Waals surface area (Å²) in [6.45, 7) is 0. The van der Waals surface area contributed by atoms with Crippen LogP contribution in [0.5, 0.6) is 0 Å². The summed E-state index contributed by atoms with van der Waals surface area (Å²) in [7, 11) is 2.90. The Morgan fingerprint density at radius 2 is 2.00 bits per heavy atom. The van der Waals surface area contributed by atoms with E-state index in [1.165, 1.54) is 13.2 Å². The molecule has 2 rings (SSSR count). The number of aryl methyl sites for hydroxylation is 1. The van der Waals surface area contributed by atoms with E-state index in [-0.39, 0.29) is 18.0 Å². The van der Waals surface area contributed by atoms with E-state index < -0.39 is 0 Å². The Morgan fingerprint density at radius 1 is 1.29 bits per heavy atom. The maximum Gasteiger partial charge on any atom is 0.337 e. The Hall–Kier alpha value is -2.30. The monoisotopic (exact) mass is 290 g/mol. The molecule has 0 fully saturated rings. The lowest BCUT2D eigenvalue weighted by molar-refractivity contribution is -0.145. The Morgan fingerprint density at radius 3 is 2.62 bits per heavy atom. The summed E-state index contributed by atoms with van der Waals surface area (Å²) in [5.74, 6) is -0.0564. The molecular weight excluding hydrogens is 272 g/mol. The van der Waals surface area contributed by atoms with Gasteiger partial charge in [-0.2, -0.15) is 0 Å². The fraction of sp³-hybridized carbons (Fsp3) is 0.375. The van der Waals surface area contributed by atoms with Crippen LogP contribution in [0.4, 0.5) is 0 Å². The molecule has 112 valence electrons. The van der Waals surface area contributed by atoms with E-state index in [9.17, 15) is 9.59 Å². The summed E-state index contributed by atoms with van der Waals surface area (Å²) in [5.41, 5.74) is 1.60. The number of hydrogen-bond donors (Lipinski definition) is 0. The Balaban J connectivity index is 1.90. The van der Waals surface area contributed by atoms with Crippen molar-refractivity contribution in [1.29, 1.82) is 0 Å². The molecule has 0 amide bonds. The van der Waals surface area contributed by atoms with Crippen molar-refractivity contribution in [3.05, 3.63) is 47.2 Å². The second-order valence-corrected chi connectivity index (χ2v) is 4.80. The van der Waals surface area contributed by atoms with E-state index in [2.05, 4.69) is 4.74 Å². The zero-order valence-corrected chi connectivity index (χ0v) is 12.1. The van der Waals surface area contributed by atoms with Crippen molar-refractivity contribution in [2.45, 2.75) is 25.4 Å². The van der Waals surface area contributed by atoms with E-state index in [1.54, 1.807) is 19.2 Å². The second-order valence-electron chi connectivity index (χ2n) is 4.80. The van der Waals surface area contributed by atoms with Crippen LogP contribution in [-0.2, 0) is 25.4 Å². The second kappa shape index (κ2) is 6.92. The number of hydrogen-bond acceptors (Lipinski definition) is 5. The van der Waals surface area contributed by atoms with Crippen LogP contribution in [0.25, 0.3) is 0 Å². The summed E-state index contributed by atoms with van der Waals surface area (Å²) in [6.07, 6.45) is 3.28. The van der Waals surface area contributed by atoms with Crippen molar-refractivity contribution in [1.82, 2.24) is 0 Å². The highest BCUT2D eigenvalue weighted by Crippen LogP contribution is 2.20. The number of cyclic esters (lactones) is 1. The minimum absolute atomic E-state index is 0.169. The van der Waals surface area contributed by atoms with Gasteiger partial charge in [-0.1, -0.05) is 12.1 Å². The van der Waals surface area contributed by atoms with Gasteiger partial charge in [0, 0.05) is 6.42 Å². The van der Waals surface area contributed by atoms with Crippen molar-refractivity contribution in [2.24, 2.45) is 0 Å². The van der Waals surface area contributed by atoms with E-state index in [1.807, 2.05) is 12.1 Å². The lowest BCUT2D eigenvalue weighted by Gasteiger charge is -2.22. The predicted octanol–water partition coefficient (Wildman–Crippen LogP) is 2.25. The standard InChI is InChI=1S/C16H18O5/c1-19-14-9-13(21-15(17)10-14)8-5-11-3-6-12(7-4-11)16(18)20-2/h3-4,6-7,10,13H,5,8-9H2,1-2H3. The summed E-state index contributed by atoms with van der Waals surface area (Å²) >= 11 is 0. The van der Waals surface area contributed by atoms with Crippen LogP contribution < -0.4 is 0 Å². The van der Waals surface area contributed by atoms with Crippen molar-refractivity contribution < 1.29 is 23.8 Å². The average Bonchev–Trinajstić information content (AvgIpc) is 2.52. The molecule has 1 unspecified atom stereocenters. The van der Waals surface area contributed by atoms with Crippen LogP contribution in [-0.4, -0.2) is 32.3 Å². The molecule has 0 aliphatic carbocycles. The van der Waals surface area contributed by atoms with Gasteiger partial charge in [0.2, 0.25) is 0 Å². The molecule has 0 saturated heterocycles. The third-order valence-electron chi connectivity index (χ3n) is 3.38. The van der Waals surface area contributed by atoms with Crippen molar-refractivity contribution in [3.8, 4) is 0 Å². The molecule has 0 aromatic heterocycles. The Bertz CT molecular complexity index is 544. The molecule has 0 bridgehead atoms. The highest BCUT2D eigenvalue weighted by atomic mass is 16.5. The molecule has 1 aromatic carbocycles. The third kappa shape index (κ3) is 4.08. The largest absolute Gasteiger partial charge is 0.501 e. The maximum absolute atomic E-state index is 11.4. The molecule has 1 aliphatic heterocycles. The summed E-state index contributed by atoms with van der Waals surface area (Å²) in [6, 6.07) is 7.22. The maximum atomic E-state index is 11.4. The molecule has 0 N–H and O–H groups in total. The number of carbonyl (C=O) groups excluding carboxylic acids is 2. The summed E-state index contributed by atoms with van der Waals surface area (Å²) in [5, 5.41) is 0. The van der Waals surface area contributed by atoms with Crippen LogP contribution in [0.2, 0.25) is 0 Å². The first-order valence-corrected chi connectivity index (χ1v) is 6.75. The number of benzene rings is 1. The fourth-order valence-corrected chi connectivity index (χ4v) is 2.21. The summed E-state index contributed by atoms with van der Waals surface area (Å²) in [4.78, 5) is 22.7. The summed E-state index contributed by atoms with van der Waals surface area (Å²) < 4.78 is 15.0. The van der Waals surface area contributed by atoms with Crippen LogP contribution >= 0.6 is 0 Å². The van der Waals surface area contributed by atoms with Gasteiger partial charge in [0.15, 0.2) is 0 Å². The van der Waals surface area contributed by atoms with Gasteiger partial charge in [0.05, 0.1) is 25.9 Å². The first kappa shape index (κ1) is 15.1. The number of rotatable bonds is 5. The molecule has 0 spiro atoms. The molecule has 5 heteroatoms. The van der Waals surface area contributed by atoms with Crippen LogP contribution in [0, 0.1) is 0 Å². The molecule has 1 heterocycles. The highest BCUT2D eigenvalue weighted by Gasteiger charge is 2.22. The number of methoxy groups -OCH3 is 2. The van der Waals surface area contributed by atoms with Gasteiger partial charge < -0.3 is 14.2 Å². The Kier molecular flexibility index (Phi) is 4.98. The minimum atomic E-state index is -0.357. The lowest BCUT2D eigenvalue weighted by Crippen LogP contribution is -2.23. The molecule has 21 heavy (non-hydrogen) atoms. The average molecular weight is 290 g/mol.